The van der Waals surface area contributed by atoms with Crippen LogP contribution in [0.1, 0.15) is 21.6 Å². The molecule has 0 amide bonds. The van der Waals surface area contributed by atoms with E-state index in [2.05, 4.69) is 15.2 Å². The summed E-state index contributed by atoms with van der Waals surface area (Å²) in [5, 5.41) is 6.85. The minimum Gasteiger partial charge on any atom is -0.465 e. The number of anilines is 1. The van der Waals surface area contributed by atoms with Gasteiger partial charge in [0, 0.05) is 24.8 Å². The highest BCUT2D eigenvalue weighted by molar-refractivity contribution is 5.90. The molecule has 1 N–H and O–H groups in total. The highest BCUT2D eigenvalue weighted by atomic mass is 19.2. The van der Waals surface area contributed by atoms with Crippen molar-refractivity contribution in [2.24, 2.45) is 7.05 Å². The summed E-state index contributed by atoms with van der Waals surface area (Å²) in [6.07, 6.45) is 1.65. The van der Waals surface area contributed by atoms with Crippen molar-refractivity contribution in [1.82, 2.24) is 9.78 Å². The molecule has 0 aliphatic carbocycles. The van der Waals surface area contributed by atoms with Crippen LogP contribution in [-0.2, 0) is 18.3 Å². The fraction of sp³-hybridized carbons (Fsp3) is 0.286. The summed E-state index contributed by atoms with van der Waals surface area (Å²) in [5.41, 5.74) is 1.34. The van der Waals surface area contributed by atoms with E-state index in [0.29, 0.717) is 6.54 Å². The summed E-state index contributed by atoms with van der Waals surface area (Å²) in [6.45, 7) is 2.18. The van der Waals surface area contributed by atoms with Gasteiger partial charge in [-0.05, 0) is 19.1 Å². The van der Waals surface area contributed by atoms with E-state index < -0.39 is 23.2 Å². The van der Waals surface area contributed by atoms with Crippen molar-refractivity contribution in [2.75, 3.05) is 12.4 Å². The minimum absolute atomic E-state index is 0.0246. The van der Waals surface area contributed by atoms with E-state index >= 15 is 0 Å². The third kappa shape index (κ3) is 2.86. The zero-order chi connectivity index (χ0) is 15.6. The van der Waals surface area contributed by atoms with Crippen molar-refractivity contribution < 1.29 is 18.3 Å². The number of nitrogens with one attached hydrogen (secondary N) is 1. The van der Waals surface area contributed by atoms with Crippen LogP contribution in [0.3, 0.4) is 0 Å². The Kier molecular flexibility index (Phi) is 4.21. The molecule has 0 fully saturated rings. The topological polar surface area (TPSA) is 56.1 Å². The smallest absolute Gasteiger partial charge is 0.340 e. The quantitative estimate of drug-likeness (QED) is 0.880. The number of benzene rings is 1. The van der Waals surface area contributed by atoms with Crippen LogP contribution in [0.5, 0.6) is 0 Å². The average molecular weight is 295 g/mol. The van der Waals surface area contributed by atoms with Crippen LogP contribution in [0.15, 0.2) is 18.3 Å². The predicted molar refractivity (Wildman–Crippen MR) is 73.0 cm³/mol. The number of halogens is 2. The average Bonchev–Trinajstić information content (AvgIpc) is 2.80. The lowest BCUT2D eigenvalue weighted by atomic mass is 10.1. The number of esters is 1. The Labute approximate surface area is 120 Å². The van der Waals surface area contributed by atoms with Gasteiger partial charge in [0.25, 0.3) is 0 Å². The number of ether oxygens (including phenoxy) is 1. The largest absolute Gasteiger partial charge is 0.465 e. The predicted octanol–water partition coefficient (Wildman–Crippen LogP) is 2.41. The summed E-state index contributed by atoms with van der Waals surface area (Å²) in [5.74, 6) is -3.25. The van der Waals surface area contributed by atoms with Crippen LogP contribution < -0.4 is 5.32 Å². The summed E-state index contributed by atoms with van der Waals surface area (Å²) in [7, 11) is 2.90. The monoisotopic (exact) mass is 295 g/mol. The van der Waals surface area contributed by atoms with Crippen molar-refractivity contribution >= 4 is 11.7 Å². The molecule has 0 radical (unpaired) electrons. The molecule has 1 aromatic heterocycles. The van der Waals surface area contributed by atoms with Gasteiger partial charge in [-0.1, -0.05) is 0 Å². The number of hydrogen-bond donors (Lipinski definition) is 1. The molecule has 2 rings (SSSR count). The molecule has 0 atom stereocenters. The molecule has 0 aliphatic heterocycles. The van der Waals surface area contributed by atoms with Crippen LogP contribution in [0.25, 0.3) is 0 Å². The Hall–Kier alpha value is -2.44. The molecule has 1 heterocycles. The summed E-state index contributed by atoms with van der Waals surface area (Å²) >= 11 is 0. The van der Waals surface area contributed by atoms with Crippen molar-refractivity contribution in [3.05, 3.63) is 46.8 Å². The maximum absolute atomic E-state index is 13.9. The van der Waals surface area contributed by atoms with Crippen molar-refractivity contribution in [1.29, 1.82) is 0 Å². The molecule has 1 aromatic carbocycles. The number of carbonyl (C=O) groups excluding carboxylic acids is 1. The molecule has 0 spiro atoms. The molecule has 0 unspecified atom stereocenters. The summed E-state index contributed by atoms with van der Waals surface area (Å²) < 4.78 is 33.7. The molecule has 0 aliphatic rings. The fourth-order valence-electron chi connectivity index (χ4n) is 1.86. The van der Waals surface area contributed by atoms with E-state index in [9.17, 15) is 13.6 Å². The number of hydrogen-bond acceptors (Lipinski definition) is 4. The fourth-order valence-corrected chi connectivity index (χ4v) is 1.86. The Morgan fingerprint density at radius 3 is 2.67 bits per heavy atom. The van der Waals surface area contributed by atoms with Crippen LogP contribution >= 0.6 is 0 Å². The minimum atomic E-state index is -1.23. The molecule has 2 aromatic rings. The van der Waals surface area contributed by atoms with E-state index in [1.807, 2.05) is 6.92 Å². The molecular formula is C14H15F2N3O2. The standard InChI is InChI=1S/C14H15F2N3O2/c1-8-9(7-18-19(8)2)6-17-11-5-4-10(14(20)21-3)12(15)13(11)16/h4-5,7,17H,6H2,1-3H3. The highest BCUT2D eigenvalue weighted by Crippen LogP contribution is 2.22. The zero-order valence-corrected chi connectivity index (χ0v) is 11.9. The second-order valence-electron chi connectivity index (χ2n) is 4.51. The van der Waals surface area contributed by atoms with E-state index in [-0.39, 0.29) is 5.69 Å². The van der Waals surface area contributed by atoms with Crippen LogP contribution in [-0.4, -0.2) is 22.9 Å². The first-order valence-electron chi connectivity index (χ1n) is 6.23. The van der Waals surface area contributed by atoms with Gasteiger partial charge in [0.15, 0.2) is 11.6 Å². The first-order chi connectivity index (χ1) is 9.95. The van der Waals surface area contributed by atoms with E-state index in [1.165, 1.54) is 12.1 Å². The molecule has 0 saturated carbocycles. The zero-order valence-electron chi connectivity index (χ0n) is 11.9. The Morgan fingerprint density at radius 1 is 1.38 bits per heavy atom. The number of nitrogens with zero attached hydrogens (tertiary/aromatic N) is 2. The van der Waals surface area contributed by atoms with Crippen molar-refractivity contribution in [3.63, 3.8) is 0 Å². The van der Waals surface area contributed by atoms with E-state index in [4.69, 9.17) is 0 Å². The maximum atomic E-state index is 13.9. The molecule has 21 heavy (non-hydrogen) atoms. The normalized spacial score (nSPS) is 10.5. The SMILES string of the molecule is COC(=O)c1ccc(NCc2cnn(C)c2C)c(F)c1F. The van der Waals surface area contributed by atoms with Gasteiger partial charge >= 0.3 is 5.97 Å². The lowest BCUT2D eigenvalue weighted by Crippen LogP contribution is -2.09. The van der Waals surface area contributed by atoms with Gasteiger partial charge in [-0.15, -0.1) is 0 Å². The molecule has 112 valence electrons. The Morgan fingerprint density at radius 2 is 2.10 bits per heavy atom. The molecule has 0 saturated heterocycles. The number of methoxy groups -OCH3 is 1. The molecular weight excluding hydrogens is 280 g/mol. The van der Waals surface area contributed by atoms with Crippen LogP contribution in [0.4, 0.5) is 14.5 Å². The first kappa shape index (κ1) is 15.0. The van der Waals surface area contributed by atoms with Gasteiger partial charge in [-0.2, -0.15) is 5.10 Å². The number of carbonyl (C=O) groups is 1. The lowest BCUT2D eigenvalue weighted by molar-refractivity contribution is 0.0594. The Bertz CT molecular complexity index is 683. The summed E-state index contributed by atoms with van der Waals surface area (Å²) in [4.78, 5) is 11.3. The van der Waals surface area contributed by atoms with Gasteiger partial charge in [0.05, 0.1) is 24.6 Å². The molecule has 0 bridgehead atoms. The van der Waals surface area contributed by atoms with Gasteiger partial charge in [-0.3, -0.25) is 4.68 Å². The van der Waals surface area contributed by atoms with Crippen molar-refractivity contribution in [2.45, 2.75) is 13.5 Å². The lowest BCUT2D eigenvalue weighted by Gasteiger charge is -2.10. The van der Waals surface area contributed by atoms with Crippen LogP contribution in [0, 0.1) is 18.6 Å². The van der Waals surface area contributed by atoms with Crippen molar-refractivity contribution in [3.8, 4) is 0 Å². The summed E-state index contributed by atoms with van der Waals surface area (Å²) in [6, 6.07) is 2.49. The van der Waals surface area contributed by atoms with E-state index in [0.717, 1.165) is 18.4 Å². The Balaban J connectivity index is 2.20. The number of aromatic nitrogens is 2. The number of aryl methyl sites for hydroxylation is 1. The van der Waals surface area contributed by atoms with Gasteiger partial charge in [0.2, 0.25) is 0 Å². The molecule has 7 heteroatoms. The van der Waals surface area contributed by atoms with Gasteiger partial charge in [0.1, 0.15) is 0 Å². The van der Waals surface area contributed by atoms with Gasteiger partial charge in [-0.25, -0.2) is 13.6 Å². The maximum Gasteiger partial charge on any atom is 0.340 e. The molecule has 5 nitrogen and oxygen atoms in total. The first-order valence-corrected chi connectivity index (χ1v) is 6.23. The highest BCUT2D eigenvalue weighted by Gasteiger charge is 2.19. The van der Waals surface area contributed by atoms with E-state index in [1.54, 1.807) is 17.9 Å². The third-order valence-electron chi connectivity index (χ3n) is 3.29. The number of rotatable bonds is 4. The van der Waals surface area contributed by atoms with Crippen LogP contribution in [0.2, 0.25) is 0 Å². The third-order valence-corrected chi connectivity index (χ3v) is 3.29. The van der Waals surface area contributed by atoms with Gasteiger partial charge < -0.3 is 10.1 Å². The second kappa shape index (κ2) is 5.90. The second-order valence-corrected chi connectivity index (χ2v) is 4.51.